The van der Waals surface area contributed by atoms with E-state index >= 15 is 0 Å². The molecular formula is C11H22N2O. The Morgan fingerprint density at radius 2 is 2.00 bits per heavy atom. The summed E-state index contributed by atoms with van der Waals surface area (Å²) >= 11 is 0. The molecule has 0 spiro atoms. The van der Waals surface area contributed by atoms with Gasteiger partial charge in [0.2, 0.25) is 5.91 Å². The van der Waals surface area contributed by atoms with Crippen molar-refractivity contribution >= 4 is 5.91 Å². The van der Waals surface area contributed by atoms with Crippen molar-refractivity contribution in [2.75, 3.05) is 6.54 Å². The van der Waals surface area contributed by atoms with Crippen molar-refractivity contribution < 1.29 is 4.79 Å². The van der Waals surface area contributed by atoms with Crippen LogP contribution in [0.1, 0.15) is 33.6 Å². The summed E-state index contributed by atoms with van der Waals surface area (Å²) < 4.78 is 0. The number of nitrogens with two attached hydrogens (primary N) is 1. The molecule has 1 fully saturated rings. The van der Waals surface area contributed by atoms with Gasteiger partial charge in [0.15, 0.2) is 0 Å². The Kier molecular flexibility index (Phi) is 3.93. The van der Waals surface area contributed by atoms with Crippen LogP contribution in [0.2, 0.25) is 0 Å². The summed E-state index contributed by atoms with van der Waals surface area (Å²) in [6, 6.07) is 0.329. The molecule has 0 aromatic carbocycles. The molecule has 1 aliphatic rings. The van der Waals surface area contributed by atoms with Gasteiger partial charge in [0.25, 0.3) is 0 Å². The van der Waals surface area contributed by atoms with Crippen LogP contribution in [0.25, 0.3) is 0 Å². The average Bonchev–Trinajstić information content (AvgIpc) is 2.85. The zero-order valence-corrected chi connectivity index (χ0v) is 9.42. The number of carbonyl (C=O) groups is 1. The quantitative estimate of drug-likeness (QED) is 0.696. The van der Waals surface area contributed by atoms with E-state index in [-0.39, 0.29) is 11.8 Å². The molecule has 3 heteroatoms. The molecule has 1 rings (SSSR count). The topological polar surface area (TPSA) is 55.1 Å². The van der Waals surface area contributed by atoms with Crippen LogP contribution in [-0.2, 0) is 4.79 Å². The first-order valence-electron chi connectivity index (χ1n) is 5.56. The Morgan fingerprint density at radius 1 is 1.43 bits per heavy atom. The van der Waals surface area contributed by atoms with Crippen LogP contribution in [0.4, 0.5) is 0 Å². The Morgan fingerprint density at radius 3 is 2.36 bits per heavy atom. The lowest BCUT2D eigenvalue weighted by molar-refractivity contribution is -0.126. The minimum Gasteiger partial charge on any atom is -0.353 e. The summed E-state index contributed by atoms with van der Waals surface area (Å²) in [5.74, 6) is 1.13. The van der Waals surface area contributed by atoms with Crippen molar-refractivity contribution in [2.24, 2.45) is 23.5 Å². The van der Waals surface area contributed by atoms with Crippen LogP contribution in [0.3, 0.4) is 0 Å². The highest BCUT2D eigenvalue weighted by atomic mass is 16.2. The molecule has 0 bridgehead atoms. The van der Waals surface area contributed by atoms with E-state index in [1.807, 2.05) is 13.8 Å². The Bertz CT molecular complexity index is 199. The van der Waals surface area contributed by atoms with Crippen LogP contribution in [0.5, 0.6) is 0 Å². The van der Waals surface area contributed by atoms with Crippen molar-refractivity contribution in [3.63, 3.8) is 0 Å². The maximum Gasteiger partial charge on any atom is 0.224 e. The number of nitrogens with one attached hydrogen (secondary N) is 1. The van der Waals surface area contributed by atoms with Crippen molar-refractivity contribution in [2.45, 2.75) is 39.7 Å². The fourth-order valence-electron chi connectivity index (χ4n) is 1.73. The SMILES string of the molecule is CC(C)C(CN)C(=O)NC(C)C1CC1. The third-order valence-corrected chi connectivity index (χ3v) is 3.09. The summed E-state index contributed by atoms with van der Waals surface area (Å²) in [6.07, 6.45) is 2.52. The van der Waals surface area contributed by atoms with Crippen LogP contribution in [-0.4, -0.2) is 18.5 Å². The van der Waals surface area contributed by atoms with Gasteiger partial charge >= 0.3 is 0 Å². The molecule has 3 N–H and O–H groups in total. The van der Waals surface area contributed by atoms with Crippen molar-refractivity contribution in [1.82, 2.24) is 5.32 Å². The van der Waals surface area contributed by atoms with Gasteiger partial charge < -0.3 is 11.1 Å². The first-order chi connectivity index (χ1) is 6.56. The van der Waals surface area contributed by atoms with Crippen molar-refractivity contribution in [3.8, 4) is 0 Å². The van der Waals surface area contributed by atoms with Gasteiger partial charge in [0, 0.05) is 12.6 Å². The monoisotopic (exact) mass is 198 g/mol. The number of amides is 1. The summed E-state index contributed by atoms with van der Waals surface area (Å²) in [6.45, 7) is 6.61. The van der Waals surface area contributed by atoms with Gasteiger partial charge in [-0.1, -0.05) is 13.8 Å². The summed E-state index contributed by atoms with van der Waals surface area (Å²) in [5.41, 5.74) is 5.58. The van der Waals surface area contributed by atoms with Crippen molar-refractivity contribution in [1.29, 1.82) is 0 Å². The van der Waals surface area contributed by atoms with E-state index in [2.05, 4.69) is 12.2 Å². The highest BCUT2D eigenvalue weighted by molar-refractivity contribution is 5.79. The molecule has 14 heavy (non-hydrogen) atoms. The van der Waals surface area contributed by atoms with E-state index < -0.39 is 0 Å². The standard InChI is InChI=1S/C11H22N2O/c1-7(2)10(6-12)11(14)13-8(3)9-4-5-9/h7-10H,4-6,12H2,1-3H3,(H,13,14). The summed E-state index contributed by atoms with van der Waals surface area (Å²) in [5, 5.41) is 3.06. The second kappa shape index (κ2) is 4.78. The van der Waals surface area contributed by atoms with E-state index in [0.717, 1.165) is 0 Å². The van der Waals surface area contributed by atoms with E-state index in [1.54, 1.807) is 0 Å². The maximum absolute atomic E-state index is 11.8. The van der Waals surface area contributed by atoms with Crippen LogP contribution in [0, 0.1) is 17.8 Å². The number of rotatable bonds is 5. The van der Waals surface area contributed by atoms with Crippen LogP contribution < -0.4 is 11.1 Å². The smallest absolute Gasteiger partial charge is 0.224 e. The number of hydrogen-bond acceptors (Lipinski definition) is 2. The molecule has 2 unspecified atom stereocenters. The molecule has 82 valence electrons. The fraction of sp³-hybridized carbons (Fsp3) is 0.909. The van der Waals surface area contributed by atoms with Crippen LogP contribution >= 0.6 is 0 Å². The molecule has 0 aromatic rings. The molecule has 0 heterocycles. The lowest BCUT2D eigenvalue weighted by Crippen LogP contribution is -2.42. The van der Waals surface area contributed by atoms with Gasteiger partial charge in [-0.15, -0.1) is 0 Å². The molecule has 0 aromatic heterocycles. The van der Waals surface area contributed by atoms with Crippen LogP contribution in [0.15, 0.2) is 0 Å². The lowest BCUT2D eigenvalue weighted by atomic mass is 9.94. The zero-order valence-electron chi connectivity index (χ0n) is 9.42. The molecule has 1 saturated carbocycles. The predicted octanol–water partition coefficient (Wildman–Crippen LogP) is 1.13. The normalized spacial score (nSPS) is 20.6. The lowest BCUT2D eigenvalue weighted by Gasteiger charge is -2.21. The third kappa shape index (κ3) is 2.98. The van der Waals surface area contributed by atoms with Gasteiger partial charge in [-0.05, 0) is 31.6 Å². The minimum atomic E-state index is -0.0313. The van der Waals surface area contributed by atoms with Gasteiger partial charge in [0.05, 0.1) is 5.92 Å². The summed E-state index contributed by atoms with van der Waals surface area (Å²) in [4.78, 5) is 11.8. The van der Waals surface area contributed by atoms with E-state index in [9.17, 15) is 4.79 Å². The number of hydrogen-bond donors (Lipinski definition) is 2. The predicted molar refractivity (Wildman–Crippen MR) is 57.7 cm³/mol. The van der Waals surface area contributed by atoms with Gasteiger partial charge in [-0.3, -0.25) is 4.79 Å². The van der Waals surface area contributed by atoms with E-state index in [4.69, 9.17) is 5.73 Å². The zero-order chi connectivity index (χ0) is 10.7. The Balaban J connectivity index is 2.37. The molecule has 0 aliphatic heterocycles. The van der Waals surface area contributed by atoms with Gasteiger partial charge in [-0.2, -0.15) is 0 Å². The third-order valence-electron chi connectivity index (χ3n) is 3.09. The highest BCUT2D eigenvalue weighted by Gasteiger charge is 2.30. The molecule has 1 aliphatic carbocycles. The molecule has 0 saturated heterocycles. The van der Waals surface area contributed by atoms with Gasteiger partial charge in [0.1, 0.15) is 0 Å². The minimum absolute atomic E-state index is 0.0313. The van der Waals surface area contributed by atoms with E-state index in [1.165, 1.54) is 12.8 Å². The fourth-order valence-corrected chi connectivity index (χ4v) is 1.73. The molecule has 2 atom stereocenters. The van der Waals surface area contributed by atoms with E-state index in [0.29, 0.717) is 24.4 Å². The first kappa shape index (κ1) is 11.5. The molecular weight excluding hydrogens is 176 g/mol. The Labute approximate surface area is 86.4 Å². The largest absolute Gasteiger partial charge is 0.353 e. The molecule has 1 amide bonds. The molecule has 3 nitrogen and oxygen atoms in total. The maximum atomic E-state index is 11.8. The van der Waals surface area contributed by atoms with Crippen molar-refractivity contribution in [3.05, 3.63) is 0 Å². The second-order valence-corrected chi connectivity index (χ2v) is 4.72. The average molecular weight is 198 g/mol. The Hall–Kier alpha value is -0.570. The highest BCUT2D eigenvalue weighted by Crippen LogP contribution is 2.32. The van der Waals surface area contributed by atoms with Gasteiger partial charge in [-0.25, -0.2) is 0 Å². The summed E-state index contributed by atoms with van der Waals surface area (Å²) in [7, 11) is 0. The number of carbonyl (C=O) groups excluding carboxylic acids is 1. The second-order valence-electron chi connectivity index (χ2n) is 4.72. The molecule has 0 radical (unpaired) electrons. The first-order valence-corrected chi connectivity index (χ1v) is 5.56.